The molecule has 0 aromatic heterocycles. The topological polar surface area (TPSA) is 60.9 Å². The number of nitrogens with zero attached hydrogens (tertiary/aromatic N) is 2. The van der Waals surface area contributed by atoms with Crippen molar-refractivity contribution in [3.8, 4) is 0 Å². The molecule has 2 aliphatic heterocycles. The lowest BCUT2D eigenvalue weighted by Gasteiger charge is -2.28. The van der Waals surface area contributed by atoms with Gasteiger partial charge in [0.2, 0.25) is 0 Å². The van der Waals surface area contributed by atoms with Gasteiger partial charge in [0.1, 0.15) is 5.82 Å². The van der Waals surface area contributed by atoms with Crippen LogP contribution in [0, 0.1) is 5.82 Å². The molecule has 1 atom stereocenters. The van der Waals surface area contributed by atoms with Crippen LogP contribution in [0.15, 0.2) is 48.5 Å². The minimum atomic E-state index is -1.91. The number of ketones is 1. The molecule has 1 amide bonds. The number of carbonyl (C=O) groups is 2. The van der Waals surface area contributed by atoms with Crippen molar-refractivity contribution in [1.82, 2.24) is 4.90 Å². The first-order valence-corrected chi connectivity index (χ1v) is 10.1. The average molecular weight is 396 g/mol. The van der Waals surface area contributed by atoms with E-state index < -0.39 is 23.1 Å². The zero-order valence-electron chi connectivity index (χ0n) is 16.3. The molecule has 2 aromatic carbocycles. The van der Waals surface area contributed by atoms with E-state index in [1.165, 1.54) is 37.1 Å². The Labute approximate surface area is 169 Å². The number of Topliss-reactive ketones (excluding diaryl/α,β-unsaturated/α-hetero) is 1. The predicted molar refractivity (Wildman–Crippen MR) is 108 cm³/mol. The molecule has 4 rings (SSSR count). The van der Waals surface area contributed by atoms with Crippen molar-refractivity contribution in [3.05, 3.63) is 65.5 Å². The van der Waals surface area contributed by atoms with Crippen LogP contribution in [0.5, 0.6) is 0 Å². The summed E-state index contributed by atoms with van der Waals surface area (Å²) in [6.07, 6.45) is 4.20. The third kappa shape index (κ3) is 3.82. The van der Waals surface area contributed by atoms with Crippen LogP contribution in [0.25, 0.3) is 0 Å². The summed E-state index contributed by atoms with van der Waals surface area (Å²) >= 11 is 0. The number of fused-ring (bicyclic) bond motifs is 1. The molecule has 1 saturated heterocycles. The molecule has 2 aromatic rings. The summed E-state index contributed by atoms with van der Waals surface area (Å²) in [7, 11) is 0. The Morgan fingerprint density at radius 2 is 1.66 bits per heavy atom. The van der Waals surface area contributed by atoms with Gasteiger partial charge in [-0.1, -0.05) is 31.0 Å². The van der Waals surface area contributed by atoms with Gasteiger partial charge in [-0.2, -0.15) is 0 Å². The van der Waals surface area contributed by atoms with E-state index in [2.05, 4.69) is 4.90 Å². The summed E-state index contributed by atoms with van der Waals surface area (Å²) in [4.78, 5) is 29.9. The molecule has 1 N–H and O–H groups in total. The lowest BCUT2D eigenvalue weighted by molar-refractivity contribution is -0.136. The molecular weight excluding hydrogens is 371 g/mol. The minimum Gasteiger partial charge on any atom is -0.375 e. The Hall–Kier alpha value is -2.57. The Bertz CT molecular complexity index is 907. The highest BCUT2D eigenvalue weighted by molar-refractivity contribution is 6.10. The van der Waals surface area contributed by atoms with Gasteiger partial charge in [0.15, 0.2) is 11.4 Å². The zero-order valence-corrected chi connectivity index (χ0v) is 16.3. The first-order chi connectivity index (χ1) is 14.0. The molecule has 2 aliphatic rings. The van der Waals surface area contributed by atoms with Crippen LogP contribution in [0.3, 0.4) is 0 Å². The second-order valence-corrected chi connectivity index (χ2v) is 7.89. The number of likely N-dealkylation sites (tertiary alicyclic amines) is 1. The van der Waals surface area contributed by atoms with Gasteiger partial charge in [-0.3, -0.25) is 19.4 Å². The highest BCUT2D eigenvalue weighted by Crippen LogP contribution is 2.43. The molecule has 29 heavy (non-hydrogen) atoms. The summed E-state index contributed by atoms with van der Waals surface area (Å²) in [6, 6.07) is 12.3. The standard InChI is InChI=1S/C23H25FN2O3/c24-18-11-9-17(10-12-18)21(27)15-23(29)19-7-3-4-8-20(19)26(22(23)28)16-25-13-5-1-2-6-14-25/h3-4,7-12,29H,1-2,5-6,13-16H2/t23-/m1/s1. The molecule has 152 valence electrons. The lowest BCUT2D eigenvalue weighted by atomic mass is 9.88. The number of hydrogen-bond acceptors (Lipinski definition) is 4. The maximum absolute atomic E-state index is 13.3. The van der Waals surface area contributed by atoms with Gasteiger partial charge >= 0.3 is 0 Å². The van der Waals surface area contributed by atoms with Crippen LogP contribution in [-0.4, -0.2) is 41.5 Å². The molecule has 5 nitrogen and oxygen atoms in total. The van der Waals surface area contributed by atoms with Crippen molar-refractivity contribution < 1.29 is 19.1 Å². The molecule has 0 unspecified atom stereocenters. The van der Waals surface area contributed by atoms with E-state index in [0.29, 0.717) is 17.9 Å². The van der Waals surface area contributed by atoms with E-state index in [4.69, 9.17) is 0 Å². The van der Waals surface area contributed by atoms with E-state index in [9.17, 15) is 19.1 Å². The number of benzene rings is 2. The molecular formula is C23H25FN2O3. The maximum Gasteiger partial charge on any atom is 0.265 e. The number of aliphatic hydroxyl groups is 1. The number of halogens is 1. The summed E-state index contributed by atoms with van der Waals surface area (Å²) in [6.45, 7) is 2.24. The number of para-hydroxylation sites is 1. The normalized spacial score (nSPS) is 22.4. The van der Waals surface area contributed by atoms with Crippen molar-refractivity contribution >= 4 is 17.4 Å². The van der Waals surface area contributed by atoms with Gasteiger partial charge in [0.25, 0.3) is 5.91 Å². The molecule has 6 heteroatoms. The van der Waals surface area contributed by atoms with Crippen LogP contribution in [0.4, 0.5) is 10.1 Å². The zero-order chi connectivity index (χ0) is 20.4. The van der Waals surface area contributed by atoms with Crippen LogP contribution in [-0.2, 0) is 10.4 Å². The van der Waals surface area contributed by atoms with Crippen LogP contribution in [0.2, 0.25) is 0 Å². The fourth-order valence-electron chi connectivity index (χ4n) is 4.27. The van der Waals surface area contributed by atoms with E-state index >= 15 is 0 Å². The van der Waals surface area contributed by atoms with Crippen LogP contribution >= 0.6 is 0 Å². The third-order valence-electron chi connectivity index (χ3n) is 5.86. The summed E-state index contributed by atoms with van der Waals surface area (Å²) in [5, 5.41) is 11.3. The highest BCUT2D eigenvalue weighted by Gasteiger charge is 2.51. The molecule has 0 bridgehead atoms. The fraction of sp³-hybridized carbons (Fsp3) is 0.391. The monoisotopic (exact) mass is 396 g/mol. The van der Waals surface area contributed by atoms with Crippen molar-refractivity contribution in [2.45, 2.75) is 37.7 Å². The quantitative estimate of drug-likeness (QED) is 0.787. The molecule has 0 saturated carbocycles. The van der Waals surface area contributed by atoms with Crippen molar-refractivity contribution in [2.75, 3.05) is 24.7 Å². The molecule has 0 aliphatic carbocycles. The summed E-state index contributed by atoms with van der Waals surface area (Å²) < 4.78 is 13.2. The van der Waals surface area contributed by atoms with Crippen molar-refractivity contribution in [1.29, 1.82) is 0 Å². The Kier molecular flexibility index (Phi) is 5.48. The number of rotatable bonds is 5. The van der Waals surface area contributed by atoms with E-state index in [-0.39, 0.29) is 12.0 Å². The predicted octanol–water partition coefficient (Wildman–Crippen LogP) is 3.47. The van der Waals surface area contributed by atoms with E-state index in [1.54, 1.807) is 17.0 Å². The molecule has 1 fully saturated rings. The fourth-order valence-corrected chi connectivity index (χ4v) is 4.27. The van der Waals surface area contributed by atoms with Gasteiger partial charge in [0.05, 0.1) is 18.8 Å². The summed E-state index contributed by atoms with van der Waals surface area (Å²) in [5.41, 5.74) is -0.531. The summed E-state index contributed by atoms with van der Waals surface area (Å²) in [5.74, 6) is -1.31. The largest absolute Gasteiger partial charge is 0.375 e. The Balaban J connectivity index is 1.60. The Morgan fingerprint density at radius 1 is 1.00 bits per heavy atom. The second-order valence-electron chi connectivity index (χ2n) is 7.89. The SMILES string of the molecule is O=C(C[C@]1(O)C(=O)N(CN2CCCCCC2)c2ccccc21)c1ccc(F)cc1. The van der Waals surface area contributed by atoms with Crippen LogP contribution in [0.1, 0.15) is 48.0 Å². The molecule has 2 heterocycles. The number of hydrogen-bond donors (Lipinski definition) is 1. The van der Waals surface area contributed by atoms with Gasteiger partial charge in [-0.05, 0) is 56.3 Å². The highest BCUT2D eigenvalue weighted by atomic mass is 19.1. The van der Waals surface area contributed by atoms with Gasteiger partial charge in [0, 0.05) is 11.1 Å². The van der Waals surface area contributed by atoms with Gasteiger partial charge in [-0.25, -0.2) is 4.39 Å². The number of carbonyl (C=O) groups excluding carboxylic acids is 2. The van der Waals surface area contributed by atoms with Crippen molar-refractivity contribution in [2.24, 2.45) is 0 Å². The Morgan fingerprint density at radius 3 is 2.34 bits per heavy atom. The average Bonchev–Trinajstić information content (AvgIpc) is 2.91. The van der Waals surface area contributed by atoms with Crippen molar-refractivity contribution in [3.63, 3.8) is 0 Å². The van der Waals surface area contributed by atoms with E-state index in [1.807, 2.05) is 12.1 Å². The second kappa shape index (κ2) is 8.05. The smallest absolute Gasteiger partial charge is 0.265 e. The van der Waals surface area contributed by atoms with Gasteiger partial charge in [-0.15, -0.1) is 0 Å². The number of anilines is 1. The molecule has 0 spiro atoms. The van der Waals surface area contributed by atoms with Crippen LogP contribution < -0.4 is 4.90 Å². The lowest BCUT2D eigenvalue weighted by Crippen LogP contribution is -2.46. The maximum atomic E-state index is 13.3. The first-order valence-electron chi connectivity index (χ1n) is 10.1. The first kappa shape index (κ1) is 19.7. The third-order valence-corrected chi connectivity index (χ3v) is 5.86. The number of amides is 1. The van der Waals surface area contributed by atoms with Gasteiger partial charge < -0.3 is 5.11 Å². The molecule has 0 radical (unpaired) electrons. The van der Waals surface area contributed by atoms with E-state index in [0.717, 1.165) is 25.9 Å². The minimum absolute atomic E-state index is 0.274.